The van der Waals surface area contributed by atoms with Crippen molar-refractivity contribution in [3.63, 3.8) is 0 Å². The molecule has 16 heteroatoms. The van der Waals surface area contributed by atoms with Crippen LogP contribution in [0.3, 0.4) is 0 Å². The van der Waals surface area contributed by atoms with Crippen LogP contribution in [-0.2, 0) is 21.5 Å². The molecular weight excluding hydrogens is 757 g/mol. The van der Waals surface area contributed by atoms with Crippen molar-refractivity contribution in [3.05, 3.63) is 120 Å². The highest BCUT2D eigenvalue weighted by atomic mass is 16.6. The summed E-state index contributed by atoms with van der Waals surface area (Å²) in [5.41, 5.74) is 10.5. The summed E-state index contributed by atoms with van der Waals surface area (Å²) in [5.74, 6) is -0.148. The Labute approximate surface area is 341 Å². The molecule has 4 aromatic rings. The van der Waals surface area contributed by atoms with Crippen LogP contribution in [0.1, 0.15) is 87.4 Å². The van der Waals surface area contributed by atoms with E-state index in [-0.39, 0.29) is 50.0 Å². The molecule has 2 amide bonds. The first-order chi connectivity index (χ1) is 28.3. The molecule has 0 radical (unpaired) electrons. The monoisotopic (exact) mass is 806 g/mol. The number of amides is 2. The number of rotatable bonds is 18. The van der Waals surface area contributed by atoms with Crippen LogP contribution in [0.5, 0.6) is 5.75 Å². The maximum Gasteiger partial charge on any atom is 0.343 e. The Bertz CT molecular complexity index is 2370. The molecule has 310 valence electrons. The second-order valence-corrected chi connectivity index (χ2v) is 15.0. The fraction of sp³-hybridized carbons (Fsp3) is 0.419. The molecule has 0 saturated heterocycles. The summed E-state index contributed by atoms with van der Waals surface area (Å²) in [5, 5.41) is 21.7. The molecular formula is C43H50N8O8. The summed E-state index contributed by atoms with van der Waals surface area (Å²) >= 11 is 0. The Morgan fingerprint density at radius 1 is 1.08 bits per heavy atom. The van der Waals surface area contributed by atoms with E-state index in [4.69, 9.17) is 19.4 Å². The van der Waals surface area contributed by atoms with E-state index in [2.05, 4.69) is 39.4 Å². The van der Waals surface area contributed by atoms with Gasteiger partial charge in [-0.15, -0.1) is 0 Å². The van der Waals surface area contributed by atoms with Crippen molar-refractivity contribution in [3.8, 4) is 5.75 Å². The molecule has 2 aliphatic rings. The van der Waals surface area contributed by atoms with Gasteiger partial charge < -0.3 is 34.3 Å². The van der Waals surface area contributed by atoms with E-state index in [1.165, 1.54) is 12.1 Å². The van der Waals surface area contributed by atoms with Gasteiger partial charge in [0.05, 0.1) is 22.4 Å². The third-order valence-electron chi connectivity index (χ3n) is 11.1. The zero-order valence-electron chi connectivity index (χ0n) is 34.0. The van der Waals surface area contributed by atoms with Crippen LogP contribution in [0.25, 0.3) is 27.5 Å². The van der Waals surface area contributed by atoms with Gasteiger partial charge in [-0.3, -0.25) is 19.7 Å². The van der Waals surface area contributed by atoms with E-state index in [0.29, 0.717) is 34.6 Å². The Balaban J connectivity index is 1.23. The lowest BCUT2D eigenvalue weighted by Gasteiger charge is -2.48. The Kier molecular flexibility index (Phi) is 12.9. The fourth-order valence-electron chi connectivity index (χ4n) is 7.72. The number of benzene rings is 3. The molecule has 0 aliphatic carbocycles. The molecule has 0 spiro atoms. The number of carbonyl (C=O) groups excluding carboxylic acids is 2. The number of non-ortho nitro benzene ring substituents is 1. The van der Waals surface area contributed by atoms with E-state index in [1.807, 2.05) is 56.0 Å². The van der Waals surface area contributed by atoms with Gasteiger partial charge in [0.2, 0.25) is 11.6 Å². The number of fused-ring (bicyclic) bond motifs is 5. The van der Waals surface area contributed by atoms with Crippen LogP contribution in [0.15, 0.2) is 81.1 Å². The van der Waals surface area contributed by atoms with Crippen molar-refractivity contribution in [2.24, 2.45) is 5.11 Å². The minimum absolute atomic E-state index is 0.0658. The van der Waals surface area contributed by atoms with E-state index >= 15 is 0 Å². The normalized spacial score (nSPS) is 16.7. The van der Waals surface area contributed by atoms with Gasteiger partial charge in [-0.1, -0.05) is 18.5 Å². The average molecular weight is 807 g/mol. The summed E-state index contributed by atoms with van der Waals surface area (Å²) in [6.45, 7) is 12.8. The van der Waals surface area contributed by atoms with Crippen molar-refractivity contribution in [1.29, 1.82) is 0 Å². The summed E-state index contributed by atoms with van der Waals surface area (Å²) in [7, 11) is 0. The highest BCUT2D eigenvalue weighted by Gasteiger charge is 2.60. The quantitative estimate of drug-likeness (QED) is 0.0190. The standard InChI is InChI=1S/C43H50N8O8/c1-6-9-22-57-39(47-48-44)17-16-38(52)45-20-21-46-40(53)29-11-14-35-34(25-29)42(4,5)43(50(35)27-31-24-33(51(55)56)13-15-36(31)59-43)19-18-30-23-28-10-12-32(49(7-2)8-3)26-37(28)58-41(30)54/h10-15,18-19,23-26,39H,6-9,16-17,20-22,27H2,1-5H3,(H,45,52)(H,46,53)/b19-18+. The Morgan fingerprint density at radius 3 is 2.59 bits per heavy atom. The van der Waals surface area contributed by atoms with Gasteiger partial charge in [-0.25, -0.2) is 4.79 Å². The van der Waals surface area contributed by atoms with Crippen LogP contribution >= 0.6 is 0 Å². The highest BCUT2D eigenvalue weighted by molar-refractivity contribution is 5.95. The van der Waals surface area contributed by atoms with Crippen molar-refractivity contribution in [2.75, 3.05) is 42.6 Å². The van der Waals surface area contributed by atoms with Gasteiger partial charge >= 0.3 is 5.63 Å². The van der Waals surface area contributed by atoms with Crippen LogP contribution in [0, 0.1) is 10.1 Å². The number of hydrogen-bond donors (Lipinski definition) is 2. The van der Waals surface area contributed by atoms with E-state index < -0.39 is 27.9 Å². The van der Waals surface area contributed by atoms with Gasteiger partial charge in [0.1, 0.15) is 17.6 Å². The second kappa shape index (κ2) is 18.0. The first kappa shape index (κ1) is 42.2. The number of ether oxygens (including phenoxy) is 2. The Hall–Kier alpha value is -6.38. The predicted molar refractivity (Wildman–Crippen MR) is 226 cm³/mol. The van der Waals surface area contributed by atoms with Crippen molar-refractivity contribution < 1.29 is 28.4 Å². The van der Waals surface area contributed by atoms with Crippen LogP contribution in [0.2, 0.25) is 0 Å². The first-order valence-corrected chi connectivity index (χ1v) is 20.0. The number of nitro benzene ring substituents is 1. The van der Waals surface area contributed by atoms with E-state index in [9.17, 15) is 24.5 Å². The smallest absolute Gasteiger partial charge is 0.343 e. The van der Waals surface area contributed by atoms with Crippen molar-refractivity contribution in [1.82, 2.24) is 10.6 Å². The Morgan fingerprint density at radius 2 is 1.86 bits per heavy atom. The predicted octanol–water partition coefficient (Wildman–Crippen LogP) is 7.73. The summed E-state index contributed by atoms with van der Waals surface area (Å²) < 4.78 is 18.2. The molecule has 3 aromatic carbocycles. The zero-order valence-corrected chi connectivity index (χ0v) is 34.0. The van der Waals surface area contributed by atoms with Gasteiger partial charge in [0.25, 0.3) is 11.6 Å². The molecule has 2 unspecified atom stereocenters. The number of azide groups is 1. The number of hydrogen-bond acceptors (Lipinski definition) is 11. The third-order valence-corrected chi connectivity index (χ3v) is 11.1. The molecule has 0 bridgehead atoms. The lowest BCUT2D eigenvalue weighted by atomic mass is 9.76. The minimum Gasteiger partial charge on any atom is -0.463 e. The molecule has 2 atom stereocenters. The lowest BCUT2D eigenvalue weighted by molar-refractivity contribution is -0.385. The molecule has 16 nitrogen and oxygen atoms in total. The van der Waals surface area contributed by atoms with Gasteiger partial charge in [-0.2, -0.15) is 0 Å². The first-order valence-electron chi connectivity index (χ1n) is 20.0. The largest absolute Gasteiger partial charge is 0.463 e. The van der Waals surface area contributed by atoms with Crippen LogP contribution in [-0.4, -0.2) is 61.5 Å². The van der Waals surface area contributed by atoms with Crippen molar-refractivity contribution >= 4 is 45.9 Å². The molecule has 2 aliphatic heterocycles. The molecule has 0 saturated carbocycles. The van der Waals surface area contributed by atoms with Crippen LogP contribution in [0.4, 0.5) is 17.1 Å². The maximum absolute atomic E-state index is 13.5. The average Bonchev–Trinajstić information content (AvgIpc) is 3.41. The third kappa shape index (κ3) is 8.74. The summed E-state index contributed by atoms with van der Waals surface area (Å²) in [6.07, 6.45) is 4.88. The molecule has 1 aromatic heterocycles. The summed E-state index contributed by atoms with van der Waals surface area (Å²) in [4.78, 5) is 57.6. The van der Waals surface area contributed by atoms with Crippen molar-refractivity contribution in [2.45, 2.75) is 84.2 Å². The topological polar surface area (TPSA) is 205 Å². The van der Waals surface area contributed by atoms with E-state index in [1.54, 1.807) is 30.3 Å². The highest BCUT2D eigenvalue weighted by Crippen LogP contribution is 2.56. The maximum atomic E-state index is 13.5. The molecule has 6 rings (SSSR count). The molecule has 0 fully saturated rings. The fourth-order valence-corrected chi connectivity index (χ4v) is 7.72. The van der Waals surface area contributed by atoms with E-state index in [0.717, 1.165) is 48.3 Å². The number of nitrogens with one attached hydrogen (secondary N) is 2. The van der Waals surface area contributed by atoms with Crippen LogP contribution < -0.4 is 30.8 Å². The molecule has 2 N–H and O–H groups in total. The molecule has 59 heavy (non-hydrogen) atoms. The molecule has 3 heterocycles. The lowest BCUT2D eigenvalue weighted by Crippen LogP contribution is -2.60. The number of anilines is 2. The number of carbonyl (C=O) groups is 2. The number of nitro groups is 1. The SMILES string of the molecule is CCCCOC(CCC(=O)NCCNC(=O)c1ccc2c(c1)C(C)(C)C1(/C=C/c3cc4ccc(N(CC)CC)cc4oc3=O)Oc3ccc([N+](=O)[O-])cc3CN21)N=[N+]=[N-]. The van der Waals surface area contributed by atoms with Gasteiger partial charge in [-0.05, 0) is 106 Å². The number of unbranched alkanes of at least 4 members (excludes halogenated alkanes) is 1. The zero-order chi connectivity index (χ0) is 42.3. The summed E-state index contributed by atoms with van der Waals surface area (Å²) in [6, 6.07) is 17.4. The minimum atomic E-state index is -1.23. The second-order valence-electron chi connectivity index (χ2n) is 15.0. The number of nitrogens with zero attached hydrogens (tertiary/aromatic N) is 6. The van der Waals surface area contributed by atoms with Gasteiger partial charge in [0.15, 0.2) is 0 Å². The van der Waals surface area contributed by atoms with Gasteiger partial charge in [0, 0.05) is 90.2 Å².